The Bertz CT molecular complexity index is 555. The molecule has 1 heterocycles. The van der Waals surface area contributed by atoms with E-state index in [4.69, 9.17) is 10.5 Å². The summed E-state index contributed by atoms with van der Waals surface area (Å²) in [6, 6.07) is 7.93. The second-order valence-corrected chi connectivity index (χ2v) is 5.22. The summed E-state index contributed by atoms with van der Waals surface area (Å²) in [5, 5.41) is 2.92. The van der Waals surface area contributed by atoms with E-state index < -0.39 is 0 Å². The average Bonchev–Trinajstić information content (AvgIpc) is 3.01. The van der Waals surface area contributed by atoms with Crippen LogP contribution in [0.1, 0.15) is 6.42 Å². The van der Waals surface area contributed by atoms with Gasteiger partial charge in [0.2, 0.25) is 5.91 Å². The second-order valence-electron chi connectivity index (χ2n) is 5.22. The van der Waals surface area contributed by atoms with Gasteiger partial charge in [0.25, 0.3) is 0 Å². The van der Waals surface area contributed by atoms with Crippen molar-refractivity contribution in [1.29, 1.82) is 0 Å². The van der Waals surface area contributed by atoms with E-state index in [1.165, 1.54) is 0 Å². The van der Waals surface area contributed by atoms with Crippen molar-refractivity contribution in [3.05, 3.63) is 48.7 Å². The number of nitrogens with one attached hydrogen (secondary N) is 1. The fourth-order valence-electron chi connectivity index (χ4n) is 2.43. The number of hydrogen-bond donors (Lipinski definition) is 2. The first kappa shape index (κ1) is 15.9. The highest BCUT2D eigenvalue weighted by Gasteiger charge is 2.26. The lowest BCUT2D eigenvalue weighted by Gasteiger charge is -2.19. The van der Waals surface area contributed by atoms with Gasteiger partial charge < -0.3 is 20.7 Å². The van der Waals surface area contributed by atoms with Crippen molar-refractivity contribution in [2.75, 3.05) is 31.6 Å². The van der Waals surface area contributed by atoms with Gasteiger partial charge in [0.15, 0.2) is 0 Å². The Balaban J connectivity index is 1.89. The average molecular weight is 301 g/mol. The molecule has 1 saturated heterocycles. The van der Waals surface area contributed by atoms with Gasteiger partial charge in [-0.3, -0.25) is 4.79 Å². The Hall–Kier alpha value is -2.43. The van der Waals surface area contributed by atoms with Crippen LogP contribution in [0.2, 0.25) is 0 Å². The number of primary amides is 1. The number of benzene rings is 1. The Morgan fingerprint density at radius 1 is 1.50 bits per heavy atom. The summed E-state index contributed by atoms with van der Waals surface area (Å²) < 4.78 is 5.70. The Morgan fingerprint density at radius 2 is 2.36 bits per heavy atom. The third-order valence-corrected chi connectivity index (χ3v) is 3.63. The number of amides is 1. The fourth-order valence-corrected chi connectivity index (χ4v) is 2.43. The molecule has 1 aromatic rings. The molecule has 0 spiro atoms. The minimum atomic E-state index is -0.213. The van der Waals surface area contributed by atoms with Gasteiger partial charge in [-0.05, 0) is 36.9 Å². The number of carbonyl (C=O) groups excluding carboxylic acids is 1. The third kappa shape index (κ3) is 4.55. The number of ether oxygens (including phenoxy) is 1. The molecule has 118 valence electrons. The van der Waals surface area contributed by atoms with Crippen molar-refractivity contribution in [1.82, 2.24) is 5.32 Å². The Kier molecular flexibility index (Phi) is 5.89. The summed E-state index contributed by atoms with van der Waals surface area (Å²) in [5.74, 6) is 0.559. The lowest BCUT2D eigenvalue weighted by atomic mass is 10.1. The molecule has 2 rings (SSSR count). The highest BCUT2D eigenvalue weighted by molar-refractivity contribution is 5.78. The van der Waals surface area contributed by atoms with Gasteiger partial charge >= 0.3 is 0 Å². The summed E-state index contributed by atoms with van der Waals surface area (Å²) in [6.07, 6.45) is 8.45. The van der Waals surface area contributed by atoms with Gasteiger partial charge in [-0.2, -0.15) is 0 Å². The highest BCUT2D eigenvalue weighted by Crippen LogP contribution is 2.26. The molecule has 1 fully saturated rings. The molecule has 0 aromatic heterocycles. The number of hydrogen-bond acceptors (Lipinski definition) is 4. The lowest BCUT2D eigenvalue weighted by Crippen LogP contribution is -2.27. The van der Waals surface area contributed by atoms with E-state index in [9.17, 15) is 4.79 Å². The molecular weight excluding hydrogens is 278 g/mol. The molecule has 0 aliphatic carbocycles. The van der Waals surface area contributed by atoms with Crippen LogP contribution in [0.3, 0.4) is 0 Å². The van der Waals surface area contributed by atoms with E-state index in [0.29, 0.717) is 13.2 Å². The van der Waals surface area contributed by atoms with Crippen molar-refractivity contribution in [3.63, 3.8) is 0 Å². The van der Waals surface area contributed by atoms with Crippen LogP contribution < -0.4 is 20.7 Å². The first-order chi connectivity index (χ1) is 10.7. The highest BCUT2D eigenvalue weighted by atomic mass is 16.5. The van der Waals surface area contributed by atoms with Gasteiger partial charge in [-0.25, -0.2) is 0 Å². The Morgan fingerprint density at radius 3 is 3.09 bits per heavy atom. The molecule has 0 radical (unpaired) electrons. The van der Waals surface area contributed by atoms with E-state index in [0.717, 1.165) is 24.4 Å². The molecule has 1 amide bonds. The molecule has 3 N–H and O–H groups in total. The van der Waals surface area contributed by atoms with Crippen molar-refractivity contribution < 1.29 is 9.53 Å². The predicted octanol–water partition coefficient (Wildman–Crippen LogP) is 1.67. The molecule has 5 nitrogen and oxygen atoms in total. The van der Waals surface area contributed by atoms with Gasteiger partial charge in [-0.15, -0.1) is 0 Å². The molecule has 1 aromatic carbocycles. The monoisotopic (exact) mass is 301 g/mol. The standard InChI is InChI=1S/C17H23N3O2/c1-19-9-3-2-4-11-22-16-7-5-6-15(12-16)20-10-8-14(13-20)17(18)21/h2-7,9,12,14,19H,8,10-11,13H2,1H3,(H2,18,21)/b4-2-,9-3-/t14-/m1/s1. The maximum Gasteiger partial charge on any atom is 0.222 e. The van der Waals surface area contributed by atoms with E-state index in [-0.39, 0.29) is 11.8 Å². The van der Waals surface area contributed by atoms with Gasteiger partial charge in [0, 0.05) is 31.9 Å². The molecule has 1 atom stereocenters. The van der Waals surface area contributed by atoms with Crippen LogP contribution in [0, 0.1) is 5.92 Å². The minimum absolute atomic E-state index is 0.0496. The first-order valence-electron chi connectivity index (χ1n) is 7.47. The van der Waals surface area contributed by atoms with Crippen LogP contribution in [0.15, 0.2) is 48.7 Å². The molecular formula is C17H23N3O2. The molecule has 1 aliphatic rings. The summed E-state index contributed by atoms with van der Waals surface area (Å²) in [7, 11) is 1.85. The minimum Gasteiger partial charge on any atom is -0.489 e. The van der Waals surface area contributed by atoms with Crippen molar-refractivity contribution in [2.24, 2.45) is 11.7 Å². The van der Waals surface area contributed by atoms with Gasteiger partial charge in [0.05, 0.1) is 5.92 Å². The fraction of sp³-hybridized carbons (Fsp3) is 0.353. The maximum absolute atomic E-state index is 11.2. The van der Waals surface area contributed by atoms with Gasteiger partial charge in [0.1, 0.15) is 12.4 Å². The summed E-state index contributed by atoms with van der Waals surface area (Å²) in [5.41, 5.74) is 6.45. The SMILES string of the molecule is CN/C=C\C=C/COc1cccc(N2CC[C@@H](C(N)=O)C2)c1. The number of carbonyl (C=O) groups is 1. The van der Waals surface area contributed by atoms with Crippen LogP contribution in [0.5, 0.6) is 5.75 Å². The number of nitrogens with zero attached hydrogens (tertiary/aromatic N) is 1. The van der Waals surface area contributed by atoms with Crippen LogP contribution in [0.25, 0.3) is 0 Å². The van der Waals surface area contributed by atoms with Gasteiger partial charge in [-0.1, -0.05) is 12.1 Å². The van der Waals surface area contributed by atoms with E-state index in [1.54, 1.807) is 0 Å². The molecule has 1 aliphatic heterocycles. The molecule has 0 saturated carbocycles. The van der Waals surface area contributed by atoms with E-state index in [1.807, 2.05) is 55.7 Å². The van der Waals surface area contributed by atoms with Crippen LogP contribution in [0.4, 0.5) is 5.69 Å². The number of allylic oxidation sites excluding steroid dienone is 2. The number of nitrogens with two attached hydrogens (primary N) is 1. The van der Waals surface area contributed by atoms with Crippen LogP contribution >= 0.6 is 0 Å². The van der Waals surface area contributed by atoms with Crippen LogP contribution in [-0.4, -0.2) is 32.7 Å². The number of rotatable bonds is 7. The van der Waals surface area contributed by atoms with E-state index >= 15 is 0 Å². The predicted molar refractivity (Wildman–Crippen MR) is 88.8 cm³/mol. The van der Waals surface area contributed by atoms with Crippen molar-refractivity contribution in [3.8, 4) is 5.75 Å². The topological polar surface area (TPSA) is 67.6 Å². The molecule has 22 heavy (non-hydrogen) atoms. The smallest absolute Gasteiger partial charge is 0.222 e. The Labute approximate surface area is 131 Å². The second kappa shape index (κ2) is 8.12. The van der Waals surface area contributed by atoms with Crippen molar-refractivity contribution in [2.45, 2.75) is 6.42 Å². The van der Waals surface area contributed by atoms with E-state index in [2.05, 4.69) is 10.2 Å². The summed E-state index contributed by atoms with van der Waals surface area (Å²) in [6.45, 7) is 2.06. The zero-order valence-electron chi connectivity index (χ0n) is 12.9. The lowest BCUT2D eigenvalue weighted by molar-refractivity contribution is -0.121. The zero-order chi connectivity index (χ0) is 15.8. The van der Waals surface area contributed by atoms with Crippen molar-refractivity contribution >= 4 is 11.6 Å². The van der Waals surface area contributed by atoms with Crippen LogP contribution in [-0.2, 0) is 4.79 Å². The molecule has 0 bridgehead atoms. The first-order valence-corrected chi connectivity index (χ1v) is 7.47. The quantitative estimate of drug-likeness (QED) is 0.752. The molecule has 0 unspecified atom stereocenters. The largest absolute Gasteiger partial charge is 0.489 e. The molecule has 5 heteroatoms. The maximum atomic E-state index is 11.2. The normalized spacial score (nSPS) is 18.2. The summed E-state index contributed by atoms with van der Waals surface area (Å²) in [4.78, 5) is 13.4. The third-order valence-electron chi connectivity index (χ3n) is 3.63. The number of anilines is 1. The summed E-state index contributed by atoms with van der Waals surface area (Å²) >= 11 is 0. The zero-order valence-corrected chi connectivity index (χ0v) is 12.9.